The van der Waals surface area contributed by atoms with Crippen LogP contribution in [0.5, 0.6) is 0 Å². The average Bonchev–Trinajstić information content (AvgIpc) is 1.98. The minimum Gasteiger partial charge on any atom is -0.466 e. The molecular weight excluding hydrogens is 204 g/mol. The van der Waals surface area contributed by atoms with Crippen molar-refractivity contribution in [2.45, 2.75) is 59.5 Å². The van der Waals surface area contributed by atoms with Gasteiger partial charge in [-0.3, -0.25) is 4.79 Å². The van der Waals surface area contributed by atoms with Gasteiger partial charge >= 0.3 is 5.97 Å². The first-order chi connectivity index (χ1) is 7.29. The molecule has 0 aromatic rings. The van der Waals surface area contributed by atoms with E-state index < -0.39 is 5.60 Å². The molecule has 3 heteroatoms. The van der Waals surface area contributed by atoms with E-state index in [9.17, 15) is 9.90 Å². The molecule has 0 spiro atoms. The number of esters is 1. The van der Waals surface area contributed by atoms with E-state index >= 15 is 0 Å². The molecule has 0 heterocycles. The largest absolute Gasteiger partial charge is 0.466 e. The monoisotopic (exact) mass is 230 g/mol. The standard InChI is InChI=1S/C13H26O3/c1-6-16-12(14)9-13(15,7-10(2)3)8-11(4)5/h10-11,15H,6-9H2,1-5H3. The van der Waals surface area contributed by atoms with Gasteiger partial charge in [0.2, 0.25) is 0 Å². The quantitative estimate of drug-likeness (QED) is 0.684. The summed E-state index contributed by atoms with van der Waals surface area (Å²) in [5.41, 5.74) is -0.908. The average molecular weight is 230 g/mol. The summed E-state index contributed by atoms with van der Waals surface area (Å²) < 4.78 is 4.90. The van der Waals surface area contributed by atoms with E-state index in [0.29, 0.717) is 31.3 Å². The van der Waals surface area contributed by atoms with Crippen LogP contribution in [-0.2, 0) is 9.53 Å². The Kier molecular flexibility index (Phi) is 6.65. The third-order valence-electron chi connectivity index (χ3n) is 2.36. The van der Waals surface area contributed by atoms with E-state index in [1.807, 2.05) is 0 Å². The van der Waals surface area contributed by atoms with Crippen LogP contribution in [0.15, 0.2) is 0 Å². The second-order valence-corrected chi connectivity index (χ2v) is 5.40. The van der Waals surface area contributed by atoms with Crippen LogP contribution in [0.25, 0.3) is 0 Å². The summed E-state index contributed by atoms with van der Waals surface area (Å²) in [6, 6.07) is 0. The van der Waals surface area contributed by atoms with Gasteiger partial charge < -0.3 is 9.84 Å². The predicted molar refractivity (Wildman–Crippen MR) is 65.1 cm³/mol. The summed E-state index contributed by atoms with van der Waals surface area (Å²) >= 11 is 0. The SMILES string of the molecule is CCOC(=O)CC(O)(CC(C)C)CC(C)C. The van der Waals surface area contributed by atoms with Crippen molar-refractivity contribution in [1.29, 1.82) is 0 Å². The highest BCUT2D eigenvalue weighted by atomic mass is 16.5. The second kappa shape index (κ2) is 6.89. The molecule has 0 aromatic heterocycles. The molecule has 0 saturated heterocycles. The van der Waals surface area contributed by atoms with Crippen molar-refractivity contribution in [1.82, 2.24) is 0 Å². The molecule has 16 heavy (non-hydrogen) atoms. The van der Waals surface area contributed by atoms with Gasteiger partial charge in [-0.1, -0.05) is 27.7 Å². The molecule has 3 nitrogen and oxygen atoms in total. The molecule has 0 radical (unpaired) electrons. The molecular formula is C13H26O3. The number of ether oxygens (including phenoxy) is 1. The summed E-state index contributed by atoms with van der Waals surface area (Å²) in [6.45, 7) is 10.4. The smallest absolute Gasteiger partial charge is 0.308 e. The molecule has 1 N–H and O–H groups in total. The number of rotatable bonds is 7. The van der Waals surface area contributed by atoms with E-state index in [2.05, 4.69) is 27.7 Å². The van der Waals surface area contributed by atoms with Crippen molar-refractivity contribution in [3.63, 3.8) is 0 Å². The highest BCUT2D eigenvalue weighted by Crippen LogP contribution is 2.28. The van der Waals surface area contributed by atoms with Gasteiger partial charge in [-0.15, -0.1) is 0 Å². The number of hydrogen-bond donors (Lipinski definition) is 1. The first-order valence-corrected chi connectivity index (χ1v) is 6.17. The van der Waals surface area contributed by atoms with E-state index in [1.165, 1.54) is 0 Å². The molecule has 0 atom stereocenters. The highest BCUT2D eigenvalue weighted by molar-refractivity contribution is 5.70. The third-order valence-corrected chi connectivity index (χ3v) is 2.36. The van der Waals surface area contributed by atoms with Gasteiger partial charge in [0.15, 0.2) is 0 Å². The third kappa shape index (κ3) is 6.83. The topological polar surface area (TPSA) is 46.5 Å². The van der Waals surface area contributed by atoms with Crippen LogP contribution in [0.1, 0.15) is 53.9 Å². The molecule has 0 aliphatic rings. The summed E-state index contributed by atoms with van der Waals surface area (Å²) in [5.74, 6) is 0.447. The molecule has 0 amide bonds. The molecule has 0 unspecified atom stereocenters. The normalized spacial score (nSPS) is 12.2. The van der Waals surface area contributed by atoms with Crippen molar-refractivity contribution in [3.8, 4) is 0 Å². The molecule has 0 saturated carbocycles. The van der Waals surface area contributed by atoms with Crippen molar-refractivity contribution in [2.75, 3.05) is 6.61 Å². The molecule has 0 rings (SSSR count). The van der Waals surface area contributed by atoms with Gasteiger partial charge in [0, 0.05) is 0 Å². The van der Waals surface area contributed by atoms with E-state index in [1.54, 1.807) is 6.92 Å². The fourth-order valence-corrected chi connectivity index (χ4v) is 2.23. The molecule has 0 aliphatic heterocycles. The highest BCUT2D eigenvalue weighted by Gasteiger charge is 2.32. The Labute approximate surface area is 99.2 Å². The van der Waals surface area contributed by atoms with Crippen LogP contribution in [0.2, 0.25) is 0 Å². The Balaban J connectivity index is 4.45. The number of carbonyl (C=O) groups is 1. The van der Waals surface area contributed by atoms with Gasteiger partial charge in [-0.05, 0) is 31.6 Å². The Morgan fingerprint density at radius 1 is 1.19 bits per heavy atom. The van der Waals surface area contributed by atoms with Crippen molar-refractivity contribution in [2.24, 2.45) is 11.8 Å². The van der Waals surface area contributed by atoms with E-state index in [-0.39, 0.29) is 12.4 Å². The zero-order valence-corrected chi connectivity index (χ0v) is 11.2. The number of carbonyl (C=O) groups excluding carboxylic acids is 1. The Morgan fingerprint density at radius 3 is 1.94 bits per heavy atom. The molecule has 0 fully saturated rings. The van der Waals surface area contributed by atoms with Crippen LogP contribution < -0.4 is 0 Å². The van der Waals surface area contributed by atoms with Crippen LogP contribution in [0.3, 0.4) is 0 Å². The summed E-state index contributed by atoms with van der Waals surface area (Å²) in [5, 5.41) is 10.4. The number of aliphatic hydroxyl groups is 1. The van der Waals surface area contributed by atoms with Gasteiger partial charge in [0.1, 0.15) is 0 Å². The number of hydrogen-bond acceptors (Lipinski definition) is 3. The lowest BCUT2D eigenvalue weighted by molar-refractivity contribution is -0.150. The molecule has 0 aliphatic carbocycles. The Bertz CT molecular complexity index is 199. The van der Waals surface area contributed by atoms with Crippen molar-refractivity contribution < 1.29 is 14.6 Å². The van der Waals surface area contributed by atoms with Gasteiger partial charge in [0.05, 0.1) is 18.6 Å². The van der Waals surface area contributed by atoms with Crippen LogP contribution >= 0.6 is 0 Å². The Hall–Kier alpha value is -0.570. The lowest BCUT2D eigenvalue weighted by Gasteiger charge is -2.30. The summed E-state index contributed by atoms with van der Waals surface area (Å²) in [4.78, 5) is 11.4. The van der Waals surface area contributed by atoms with Crippen molar-refractivity contribution in [3.05, 3.63) is 0 Å². The fraction of sp³-hybridized carbons (Fsp3) is 0.923. The summed E-state index contributed by atoms with van der Waals surface area (Å²) in [7, 11) is 0. The van der Waals surface area contributed by atoms with Gasteiger partial charge in [0.25, 0.3) is 0 Å². The maximum absolute atomic E-state index is 11.4. The summed E-state index contributed by atoms with van der Waals surface area (Å²) in [6.07, 6.45) is 1.39. The maximum atomic E-state index is 11.4. The van der Waals surface area contributed by atoms with Crippen LogP contribution in [-0.4, -0.2) is 23.3 Å². The van der Waals surface area contributed by atoms with E-state index in [4.69, 9.17) is 4.74 Å². The zero-order valence-electron chi connectivity index (χ0n) is 11.2. The Morgan fingerprint density at radius 2 is 1.62 bits per heavy atom. The second-order valence-electron chi connectivity index (χ2n) is 5.40. The molecule has 96 valence electrons. The van der Waals surface area contributed by atoms with Crippen LogP contribution in [0, 0.1) is 11.8 Å². The predicted octanol–water partition coefficient (Wildman–Crippen LogP) is 2.76. The maximum Gasteiger partial charge on any atom is 0.308 e. The van der Waals surface area contributed by atoms with E-state index in [0.717, 1.165) is 0 Å². The molecule has 0 bridgehead atoms. The van der Waals surface area contributed by atoms with Crippen LogP contribution in [0.4, 0.5) is 0 Å². The van der Waals surface area contributed by atoms with Gasteiger partial charge in [-0.25, -0.2) is 0 Å². The van der Waals surface area contributed by atoms with Gasteiger partial charge in [-0.2, -0.15) is 0 Å². The first-order valence-electron chi connectivity index (χ1n) is 6.17. The fourth-order valence-electron chi connectivity index (χ4n) is 2.23. The minimum absolute atomic E-state index is 0.108. The minimum atomic E-state index is -0.908. The molecule has 0 aromatic carbocycles. The lowest BCUT2D eigenvalue weighted by atomic mass is 9.82. The first kappa shape index (κ1) is 15.4. The van der Waals surface area contributed by atoms with Crippen molar-refractivity contribution >= 4 is 5.97 Å². The zero-order chi connectivity index (χ0) is 12.8. The lowest BCUT2D eigenvalue weighted by Crippen LogP contribution is -2.35.